The maximum Gasteiger partial charge on any atom is 0.351 e. The number of aromatic nitrogens is 2. The SMILES string of the molecule is Nc1ccn([C@@H]2O[C@H](COC(=O)Cc3cccc4ccccc34)[C@@H](O)[C@H]2O)c(=O)n1. The summed E-state index contributed by atoms with van der Waals surface area (Å²) in [6, 6.07) is 14.8. The van der Waals surface area contributed by atoms with Gasteiger partial charge in [0.05, 0.1) is 6.42 Å². The minimum absolute atomic E-state index is 0.0307. The first-order chi connectivity index (χ1) is 14.4. The third-order valence-electron chi connectivity index (χ3n) is 5.09. The van der Waals surface area contributed by atoms with Crippen molar-refractivity contribution in [2.24, 2.45) is 0 Å². The summed E-state index contributed by atoms with van der Waals surface area (Å²) in [7, 11) is 0. The number of aliphatic hydroxyl groups is 2. The number of anilines is 1. The number of aliphatic hydroxyl groups excluding tert-OH is 2. The van der Waals surface area contributed by atoms with E-state index < -0.39 is 36.2 Å². The molecule has 0 saturated carbocycles. The van der Waals surface area contributed by atoms with Crippen molar-refractivity contribution in [2.75, 3.05) is 12.3 Å². The van der Waals surface area contributed by atoms with Crippen molar-refractivity contribution in [1.29, 1.82) is 0 Å². The van der Waals surface area contributed by atoms with Gasteiger partial charge in [0.1, 0.15) is 30.7 Å². The highest BCUT2D eigenvalue weighted by molar-refractivity contribution is 5.88. The van der Waals surface area contributed by atoms with Crippen molar-refractivity contribution in [1.82, 2.24) is 9.55 Å². The maximum absolute atomic E-state index is 12.3. The van der Waals surface area contributed by atoms with Gasteiger partial charge in [-0.15, -0.1) is 0 Å². The largest absolute Gasteiger partial charge is 0.463 e. The number of fused-ring (bicyclic) bond motifs is 1. The van der Waals surface area contributed by atoms with Crippen LogP contribution in [0.2, 0.25) is 0 Å². The standard InChI is InChI=1S/C21H21N3O6/c22-16-8-9-24(21(28)23-16)20-19(27)18(26)15(30-20)11-29-17(25)10-13-6-3-5-12-4-1-2-7-14(12)13/h1-9,15,18-20,26-27H,10-11H2,(H2,22,23,28)/t15-,18-,19-,20-/m1/s1. The van der Waals surface area contributed by atoms with Gasteiger partial charge in [0.2, 0.25) is 0 Å². The second-order valence-electron chi connectivity index (χ2n) is 7.09. The lowest BCUT2D eigenvalue weighted by molar-refractivity contribution is -0.149. The van der Waals surface area contributed by atoms with Crippen LogP contribution in [-0.4, -0.2) is 50.7 Å². The van der Waals surface area contributed by atoms with Crippen LogP contribution >= 0.6 is 0 Å². The van der Waals surface area contributed by atoms with Gasteiger partial charge >= 0.3 is 11.7 Å². The molecule has 4 N–H and O–H groups in total. The van der Waals surface area contributed by atoms with Crippen molar-refractivity contribution in [3.05, 3.63) is 70.8 Å². The van der Waals surface area contributed by atoms with Crippen molar-refractivity contribution in [3.8, 4) is 0 Å². The average Bonchev–Trinajstić information content (AvgIpc) is 3.01. The molecule has 2 heterocycles. The summed E-state index contributed by atoms with van der Waals surface area (Å²) in [6.07, 6.45) is -3.52. The van der Waals surface area contributed by atoms with E-state index in [1.807, 2.05) is 42.5 Å². The molecule has 1 aliphatic heterocycles. The average molecular weight is 411 g/mol. The zero-order valence-corrected chi connectivity index (χ0v) is 15.9. The number of hydrogen-bond acceptors (Lipinski definition) is 8. The number of carbonyl (C=O) groups excluding carboxylic acids is 1. The Morgan fingerprint density at radius 3 is 2.70 bits per heavy atom. The number of carbonyl (C=O) groups is 1. The Morgan fingerprint density at radius 1 is 1.13 bits per heavy atom. The Morgan fingerprint density at radius 2 is 1.90 bits per heavy atom. The fourth-order valence-corrected chi connectivity index (χ4v) is 3.54. The lowest BCUT2D eigenvalue weighted by atomic mass is 10.0. The van der Waals surface area contributed by atoms with Crippen LogP contribution in [0.3, 0.4) is 0 Å². The van der Waals surface area contributed by atoms with Gasteiger partial charge in [0, 0.05) is 6.20 Å². The van der Waals surface area contributed by atoms with Gasteiger partial charge in [-0.25, -0.2) is 4.79 Å². The Kier molecular flexibility index (Phi) is 5.49. The highest BCUT2D eigenvalue weighted by atomic mass is 16.6. The zero-order valence-electron chi connectivity index (χ0n) is 15.9. The first kappa shape index (κ1) is 20.0. The fraction of sp³-hybridized carbons (Fsp3) is 0.286. The van der Waals surface area contributed by atoms with Crippen LogP contribution in [0, 0.1) is 0 Å². The van der Waals surface area contributed by atoms with Crippen molar-refractivity contribution < 1.29 is 24.5 Å². The molecule has 3 aromatic rings. The smallest absolute Gasteiger partial charge is 0.351 e. The van der Waals surface area contributed by atoms with Crippen LogP contribution in [0.4, 0.5) is 5.82 Å². The lowest BCUT2D eigenvalue weighted by Crippen LogP contribution is -2.36. The van der Waals surface area contributed by atoms with E-state index in [4.69, 9.17) is 15.2 Å². The summed E-state index contributed by atoms with van der Waals surface area (Å²) in [5.41, 5.74) is 5.56. The molecule has 0 unspecified atom stereocenters. The fourth-order valence-electron chi connectivity index (χ4n) is 3.54. The van der Waals surface area contributed by atoms with Crippen LogP contribution in [0.15, 0.2) is 59.5 Å². The van der Waals surface area contributed by atoms with Gasteiger partial charge in [-0.05, 0) is 22.4 Å². The van der Waals surface area contributed by atoms with Crippen molar-refractivity contribution in [3.63, 3.8) is 0 Å². The first-order valence-corrected chi connectivity index (χ1v) is 9.42. The van der Waals surface area contributed by atoms with E-state index in [1.165, 1.54) is 12.3 Å². The van der Waals surface area contributed by atoms with Gasteiger partial charge in [0.25, 0.3) is 0 Å². The Bertz CT molecular complexity index is 1130. The molecule has 9 heteroatoms. The van der Waals surface area contributed by atoms with Gasteiger partial charge in [-0.2, -0.15) is 4.98 Å². The molecule has 156 valence electrons. The molecule has 30 heavy (non-hydrogen) atoms. The van der Waals surface area contributed by atoms with E-state index in [9.17, 15) is 19.8 Å². The predicted octanol–water partition coefficient (Wildman–Crippen LogP) is 0.384. The van der Waals surface area contributed by atoms with E-state index in [0.29, 0.717) is 0 Å². The first-order valence-electron chi connectivity index (χ1n) is 9.42. The summed E-state index contributed by atoms with van der Waals surface area (Å²) in [4.78, 5) is 27.9. The molecular formula is C21H21N3O6. The number of hydrogen-bond donors (Lipinski definition) is 3. The number of benzene rings is 2. The van der Waals surface area contributed by atoms with Crippen LogP contribution in [0.25, 0.3) is 10.8 Å². The summed E-state index contributed by atoms with van der Waals surface area (Å²) in [5.74, 6) is -0.463. The molecule has 1 aliphatic rings. The topological polar surface area (TPSA) is 137 Å². The molecular weight excluding hydrogens is 390 g/mol. The molecule has 1 fully saturated rings. The monoisotopic (exact) mass is 411 g/mol. The highest BCUT2D eigenvalue weighted by Gasteiger charge is 2.44. The predicted molar refractivity (Wildman–Crippen MR) is 107 cm³/mol. The lowest BCUT2D eigenvalue weighted by Gasteiger charge is -2.16. The zero-order chi connectivity index (χ0) is 21.3. The third kappa shape index (κ3) is 3.90. The van der Waals surface area contributed by atoms with Gasteiger partial charge in [-0.3, -0.25) is 9.36 Å². The van der Waals surface area contributed by atoms with Crippen LogP contribution in [0.1, 0.15) is 11.8 Å². The van der Waals surface area contributed by atoms with E-state index in [-0.39, 0.29) is 18.8 Å². The number of nitrogens with two attached hydrogens (primary N) is 1. The molecule has 0 radical (unpaired) electrons. The number of nitrogens with zero attached hydrogens (tertiary/aromatic N) is 2. The molecule has 4 rings (SSSR count). The molecule has 1 aromatic heterocycles. The molecule has 0 spiro atoms. The number of rotatable bonds is 5. The third-order valence-corrected chi connectivity index (χ3v) is 5.09. The second-order valence-corrected chi connectivity index (χ2v) is 7.09. The van der Waals surface area contributed by atoms with E-state index in [0.717, 1.165) is 20.9 Å². The summed E-state index contributed by atoms with van der Waals surface area (Å²) >= 11 is 0. The molecule has 0 amide bonds. The number of nitrogen functional groups attached to an aromatic ring is 1. The highest BCUT2D eigenvalue weighted by Crippen LogP contribution is 2.28. The normalized spacial score (nSPS) is 23.5. The second kappa shape index (κ2) is 8.23. The molecule has 2 aromatic carbocycles. The van der Waals surface area contributed by atoms with Crippen LogP contribution in [0.5, 0.6) is 0 Å². The van der Waals surface area contributed by atoms with E-state index >= 15 is 0 Å². The van der Waals surface area contributed by atoms with Crippen LogP contribution in [-0.2, 0) is 20.7 Å². The Hall–Kier alpha value is -3.27. The number of esters is 1. The molecule has 0 aliphatic carbocycles. The minimum Gasteiger partial charge on any atom is -0.463 e. The molecule has 0 bridgehead atoms. The summed E-state index contributed by atoms with van der Waals surface area (Å²) < 4.78 is 11.9. The summed E-state index contributed by atoms with van der Waals surface area (Å²) in [5, 5.41) is 22.5. The quantitative estimate of drug-likeness (QED) is 0.513. The van der Waals surface area contributed by atoms with E-state index in [1.54, 1.807) is 0 Å². The summed E-state index contributed by atoms with van der Waals surface area (Å²) in [6.45, 7) is -0.268. The molecule has 9 nitrogen and oxygen atoms in total. The Balaban J connectivity index is 1.41. The van der Waals surface area contributed by atoms with Gasteiger partial charge in [0.15, 0.2) is 6.23 Å². The van der Waals surface area contributed by atoms with Crippen molar-refractivity contribution in [2.45, 2.75) is 31.0 Å². The maximum atomic E-state index is 12.3. The van der Waals surface area contributed by atoms with Crippen LogP contribution < -0.4 is 11.4 Å². The number of ether oxygens (including phenoxy) is 2. The Labute approximate surface area is 171 Å². The molecule has 4 atom stereocenters. The minimum atomic E-state index is -1.39. The molecule has 1 saturated heterocycles. The van der Waals surface area contributed by atoms with Crippen molar-refractivity contribution >= 4 is 22.6 Å². The van der Waals surface area contributed by atoms with Gasteiger partial charge in [-0.1, -0.05) is 42.5 Å². The van der Waals surface area contributed by atoms with E-state index in [2.05, 4.69) is 4.98 Å². The van der Waals surface area contributed by atoms with Gasteiger partial charge < -0.3 is 25.4 Å².